The van der Waals surface area contributed by atoms with Gasteiger partial charge in [-0.2, -0.15) is 0 Å². The van der Waals surface area contributed by atoms with Gasteiger partial charge < -0.3 is 33.8 Å². The van der Waals surface area contributed by atoms with Crippen molar-refractivity contribution in [3.8, 4) is 0 Å². The van der Waals surface area contributed by atoms with E-state index in [1.165, 1.54) is 257 Å². The zero-order valence-corrected chi connectivity index (χ0v) is 70.3. The Kier molecular flexibility index (Phi) is 73.7. The number of aliphatic hydroxyl groups excluding tert-OH is 1. The van der Waals surface area contributed by atoms with Gasteiger partial charge in [0, 0.05) is 25.7 Å². The summed E-state index contributed by atoms with van der Waals surface area (Å²) in [5, 5.41) is 10.7. The van der Waals surface area contributed by atoms with E-state index in [9.17, 15) is 43.2 Å². The first-order valence-electron chi connectivity index (χ1n) is 43.8. The molecule has 0 saturated heterocycles. The van der Waals surface area contributed by atoms with Crippen molar-refractivity contribution in [1.29, 1.82) is 0 Å². The van der Waals surface area contributed by atoms with Crippen molar-refractivity contribution in [3.63, 3.8) is 0 Å². The molecular weight excluding hydrogens is 1350 g/mol. The monoisotopic (exact) mass is 1520 g/mol. The van der Waals surface area contributed by atoms with Crippen LogP contribution in [0.5, 0.6) is 0 Å². The number of aliphatic hydroxyl groups is 1. The summed E-state index contributed by atoms with van der Waals surface area (Å²) in [4.78, 5) is 73.2. The Hall–Kier alpha value is -1.94. The summed E-state index contributed by atoms with van der Waals surface area (Å²) < 4.78 is 68.9. The highest BCUT2D eigenvalue weighted by Crippen LogP contribution is 2.45. The fourth-order valence-electron chi connectivity index (χ4n) is 13.2. The largest absolute Gasteiger partial charge is 0.472 e. The van der Waals surface area contributed by atoms with Crippen molar-refractivity contribution in [2.45, 2.75) is 465 Å². The van der Waals surface area contributed by atoms with E-state index in [0.29, 0.717) is 25.7 Å². The van der Waals surface area contributed by atoms with Gasteiger partial charge in [0.2, 0.25) is 0 Å². The van der Waals surface area contributed by atoms with Gasteiger partial charge in [0.1, 0.15) is 19.3 Å². The SMILES string of the molecule is CCCCCCCCCCCCCCCCCCCCCCC(=O)O[C@H](COC(=O)CCCCCCCCCCCCCCCCC(C)C)COP(=O)(O)OC[C@@H](O)COP(=O)(O)OC[C@@H](COC(=O)CCCCCCCCCCC(C)C)OC(=O)CCCCCCCCCCCCCCCC(C)C. The smallest absolute Gasteiger partial charge is 0.462 e. The lowest BCUT2D eigenvalue weighted by atomic mass is 10.0. The molecule has 618 valence electrons. The third kappa shape index (κ3) is 78.2. The molecule has 5 atom stereocenters. The van der Waals surface area contributed by atoms with E-state index in [1.807, 2.05) is 0 Å². The Bertz CT molecular complexity index is 2010. The van der Waals surface area contributed by atoms with Crippen LogP contribution >= 0.6 is 15.6 Å². The molecule has 0 aliphatic carbocycles. The molecule has 0 heterocycles. The molecule has 0 aliphatic rings. The highest BCUT2D eigenvalue weighted by molar-refractivity contribution is 7.47. The minimum absolute atomic E-state index is 0.107. The molecule has 0 aliphatic heterocycles. The molecule has 2 unspecified atom stereocenters. The summed E-state index contributed by atoms with van der Waals surface area (Å²) in [5.41, 5.74) is 0. The average Bonchev–Trinajstić information content (AvgIpc) is 0.905. The van der Waals surface area contributed by atoms with Crippen LogP contribution in [0.25, 0.3) is 0 Å². The summed E-state index contributed by atoms with van der Waals surface area (Å²) in [6, 6.07) is 0. The predicted molar refractivity (Wildman–Crippen MR) is 428 cm³/mol. The van der Waals surface area contributed by atoms with Crippen molar-refractivity contribution >= 4 is 39.5 Å². The van der Waals surface area contributed by atoms with Gasteiger partial charge in [0.25, 0.3) is 0 Å². The molecule has 104 heavy (non-hydrogen) atoms. The van der Waals surface area contributed by atoms with E-state index < -0.39 is 97.5 Å². The first-order valence-corrected chi connectivity index (χ1v) is 46.8. The lowest BCUT2D eigenvalue weighted by Crippen LogP contribution is -2.30. The molecule has 0 saturated carbocycles. The standard InChI is InChI=1S/C85H166O17P2/c1-8-9-10-11-12-13-14-15-16-17-18-19-20-21-28-33-38-47-54-61-68-84(89)101-80(72-95-82(87)66-59-52-45-37-32-27-23-22-25-30-35-42-49-56-63-76(2)3)74-99-103(91,92)97-70-79(86)71-98-104(93,94)100-75-81(73-96-83(88)67-60-53-46-41-40-44-51-58-65-78(6)7)102-85(90)69-62-55-48-39-34-29-24-26-31-36-43-50-57-64-77(4)5/h76-81,86H,8-75H2,1-7H3,(H,91,92)(H,93,94)/t79-,80-,81-/m1/s1. The number of hydrogen-bond acceptors (Lipinski definition) is 15. The molecule has 0 spiro atoms. The van der Waals surface area contributed by atoms with Crippen LogP contribution in [0.3, 0.4) is 0 Å². The van der Waals surface area contributed by atoms with Crippen LogP contribution in [0.2, 0.25) is 0 Å². The van der Waals surface area contributed by atoms with Crippen molar-refractivity contribution < 1.29 is 80.2 Å². The lowest BCUT2D eigenvalue weighted by molar-refractivity contribution is -0.161. The fraction of sp³-hybridized carbons (Fsp3) is 0.953. The predicted octanol–water partition coefficient (Wildman–Crippen LogP) is 25.7. The van der Waals surface area contributed by atoms with E-state index in [4.69, 9.17) is 37.0 Å². The average molecular weight is 1520 g/mol. The summed E-state index contributed by atoms with van der Waals surface area (Å²) in [7, 11) is -9.93. The number of rotatable bonds is 83. The third-order valence-electron chi connectivity index (χ3n) is 19.9. The maximum Gasteiger partial charge on any atom is 0.472 e. The van der Waals surface area contributed by atoms with Gasteiger partial charge in [-0.1, -0.05) is 395 Å². The topological polar surface area (TPSA) is 237 Å². The van der Waals surface area contributed by atoms with Crippen molar-refractivity contribution in [1.82, 2.24) is 0 Å². The quantitative estimate of drug-likeness (QED) is 0.0222. The number of unbranched alkanes of at least 4 members (excludes halogenated alkanes) is 51. The molecule has 0 aromatic carbocycles. The molecular formula is C85H166O17P2. The Morgan fingerprint density at radius 3 is 0.654 bits per heavy atom. The summed E-state index contributed by atoms with van der Waals surface area (Å²) in [5.74, 6) is 0.206. The molecule has 0 bridgehead atoms. The van der Waals surface area contributed by atoms with E-state index >= 15 is 0 Å². The second kappa shape index (κ2) is 75.1. The molecule has 3 N–H and O–H groups in total. The number of hydrogen-bond donors (Lipinski definition) is 3. The molecule has 0 amide bonds. The minimum Gasteiger partial charge on any atom is -0.462 e. The highest BCUT2D eigenvalue weighted by atomic mass is 31.2. The van der Waals surface area contributed by atoms with Gasteiger partial charge in [-0.05, 0) is 43.4 Å². The zero-order valence-electron chi connectivity index (χ0n) is 68.5. The Morgan fingerprint density at radius 1 is 0.260 bits per heavy atom. The number of carbonyl (C=O) groups is 4. The van der Waals surface area contributed by atoms with Crippen molar-refractivity contribution in [2.24, 2.45) is 17.8 Å². The van der Waals surface area contributed by atoms with Crippen LogP contribution in [0.4, 0.5) is 0 Å². The van der Waals surface area contributed by atoms with Crippen LogP contribution in [0.1, 0.15) is 447 Å². The molecule has 0 radical (unpaired) electrons. The van der Waals surface area contributed by atoms with Crippen LogP contribution < -0.4 is 0 Å². The maximum atomic E-state index is 13.1. The summed E-state index contributed by atoms with van der Waals surface area (Å²) >= 11 is 0. The van der Waals surface area contributed by atoms with Crippen molar-refractivity contribution in [2.75, 3.05) is 39.6 Å². The number of phosphoric acid groups is 2. The van der Waals surface area contributed by atoms with E-state index in [2.05, 4.69) is 48.5 Å². The minimum atomic E-state index is -4.97. The third-order valence-corrected chi connectivity index (χ3v) is 21.8. The number of esters is 4. The Labute approximate surface area is 638 Å². The number of phosphoric ester groups is 2. The van der Waals surface area contributed by atoms with Crippen molar-refractivity contribution in [3.05, 3.63) is 0 Å². The van der Waals surface area contributed by atoms with Gasteiger partial charge in [-0.15, -0.1) is 0 Å². The van der Waals surface area contributed by atoms with Gasteiger partial charge >= 0.3 is 39.5 Å². The van der Waals surface area contributed by atoms with E-state index in [1.54, 1.807) is 0 Å². The normalized spacial score (nSPS) is 13.9. The molecule has 0 aromatic rings. The number of carbonyl (C=O) groups excluding carboxylic acids is 4. The van der Waals surface area contributed by atoms with Crippen LogP contribution in [0, 0.1) is 17.8 Å². The van der Waals surface area contributed by atoms with E-state index in [0.717, 1.165) is 108 Å². The van der Waals surface area contributed by atoms with Gasteiger partial charge in [0.05, 0.1) is 26.4 Å². The Morgan fingerprint density at radius 2 is 0.442 bits per heavy atom. The Balaban J connectivity index is 5.25. The van der Waals surface area contributed by atoms with Crippen LogP contribution in [-0.4, -0.2) is 96.7 Å². The van der Waals surface area contributed by atoms with Crippen LogP contribution in [0.15, 0.2) is 0 Å². The zero-order chi connectivity index (χ0) is 76.5. The van der Waals surface area contributed by atoms with E-state index in [-0.39, 0.29) is 25.7 Å². The summed E-state index contributed by atoms with van der Waals surface area (Å²) in [6.07, 6.45) is 65.3. The lowest BCUT2D eigenvalue weighted by Gasteiger charge is -2.21. The molecule has 17 nitrogen and oxygen atoms in total. The molecule has 0 rings (SSSR count). The molecule has 0 fully saturated rings. The maximum absolute atomic E-state index is 13.1. The van der Waals surface area contributed by atoms with Gasteiger partial charge in [-0.25, -0.2) is 9.13 Å². The second-order valence-electron chi connectivity index (χ2n) is 32.0. The van der Waals surface area contributed by atoms with Gasteiger partial charge in [-0.3, -0.25) is 37.3 Å². The highest BCUT2D eigenvalue weighted by Gasteiger charge is 2.30. The first kappa shape index (κ1) is 102. The van der Waals surface area contributed by atoms with Gasteiger partial charge in [0.15, 0.2) is 12.2 Å². The second-order valence-corrected chi connectivity index (χ2v) is 34.9. The van der Waals surface area contributed by atoms with Crippen LogP contribution in [-0.2, 0) is 65.4 Å². The summed E-state index contributed by atoms with van der Waals surface area (Å²) in [6.45, 7) is 12.0. The molecule has 19 heteroatoms. The first-order chi connectivity index (χ1) is 50.2. The fourth-order valence-corrected chi connectivity index (χ4v) is 14.8. The number of ether oxygens (including phenoxy) is 4. The molecule has 0 aromatic heterocycles.